The molecule has 1 aromatic carbocycles. The van der Waals surface area contributed by atoms with E-state index in [2.05, 4.69) is 76.6 Å². The first-order valence-corrected chi connectivity index (χ1v) is 8.26. The largest absolute Gasteiger partial charge is 0.310 e. The summed E-state index contributed by atoms with van der Waals surface area (Å²) in [6, 6.07) is 13.7. The van der Waals surface area contributed by atoms with E-state index in [1.165, 1.54) is 14.0 Å². The maximum Gasteiger partial charge on any atom is 0.0323 e. The molecule has 1 atom stereocenters. The molecule has 0 aliphatic rings. The Bertz CT molecular complexity index is 450. The van der Waals surface area contributed by atoms with Gasteiger partial charge in [0.15, 0.2) is 0 Å². The van der Waals surface area contributed by atoms with Crippen LogP contribution in [0.25, 0.3) is 0 Å². The summed E-state index contributed by atoms with van der Waals surface area (Å²) in [5.41, 5.74) is 1.40. The highest BCUT2D eigenvalue weighted by Gasteiger charge is 2.10. The van der Waals surface area contributed by atoms with Gasteiger partial charge in [0.2, 0.25) is 0 Å². The van der Waals surface area contributed by atoms with Crippen molar-refractivity contribution in [3.05, 3.63) is 55.8 Å². The third-order valence-electron chi connectivity index (χ3n) is 2.98. The molecule has 0 spiro atoms. The third-order valence-corrected chi connectivity index (χ3v) is 4.64. The zero-order valence-corrected chi connectivity index (χ0v) is 13.5. The second kappa shape index (κ2) is 7.26. The third kappa shape index (κ3) is 4.07. The molecule has 1 unspecified atom stereocenters. The van der Waals surface area contributed by atoms with Crippen molar-refractivity contribution in [1.82, 2.24) is 5.32 Å². The molecule has 1 heterocycles. The van der Waals surface area contributed by atoms with Gasteiger partial charge in [0, 0.05) is 14.5 Å². The topological polar surface area (TPSA) is 12.0 Å². The molecular formula is C15H18INS. The summed E-state index contributed by atoms with van der Waals surface area (Å²) in [6.07, 6.45) is 2.32. The Labute approximate surface area is 127 Å². The molecule has 0 amide bonds. The zero-order chi connectivity index (χ0) is 12.8. The van der Waals surface area contributed by atoms with Gasteiger partial charge in [-0.2, -0.15) is 0 Å². The van der Waals surface area contributed by atoms with Crippen LogP contribution in [0.3, 0.4) is 0 Å². The highest BCUT2D eigenvalue weighted by molar-refractivity contribution is 14.1. The van der Waals surface area contributed by atoms with E-state index in [-0.39, 0.29) is 0 Å². The molecule has 0 bridgehead atoms. The number of halogens is 1. The molecule has 0 saturated carbocycles. The van der Waals surface area contributed by atoms with Gasteiger partial charge in [0.25, 0.3) is 0 Å². The first-order chi connectivity index (χ1) is 8.79. The van der Waals surface area contributed by atoms with Gasteiger partial charge in [-0.3, -0.25) is 0 Å². The van der Waals surface area contributed by atoms with Crippen LogP contribution < -0.4 is 5.32 Å². The van der Waals surface area contributed by atoms with E-state index in [4.69, 9.17) is 0 Å². The first-order valence-electron chi connectivity index (χ1n) is 6.31. The predicted molar refractivity (Wildman–Crippen MR) is 88.2 cm³/mol. The van der Waals surface area contributed by atoms with Gasteiger partial charge in [-0.25, -0.2) is 0 Å². The van der Waals surface area contributed by atoms with Gasteiger partial charge in [0.1, 0.15) is 0 Å². The van der Waals surface area contributed by atoms with Gasteiger partial charge in [-0.1, -0.05) is 25.1 Å². The average Bonchev–Trinajstić information content (AvgIpc) is 2.89. The van der Waals surface area contributed by atoms with E-state index in [9.17, 15) is 0 Å². The number of nitrogens with one attached hydrogen (secondary N) is 1. The lowest BCUT2D eigenvalue weighted by Gasteiger charge is -2.18. The Morgan fingerprint density at radius 1 is 1.22 bits per heavy atom. The smallest absolute Gasteiger partial charge is 0.0323 e. The van der Waals surface area contributed by atoms with Gasteiger partial charge in [-0.15, -0.1) is 11.3 Å². The van der Waals surface area contributed by atoms with E-state index in [0.717, 1.165) is 19.4 Å². The lowest BCUT2D eigenvalue weighted by atomic mass is 10.0. The molecule has 0 aliphatic heterocycles. The Hall–Kier alpha value is -0.390. The molecule has 18 heavy (non-hydrogen) atoms. The Morgan fingerprint density at radius 3 is 2.61 bits per heavy atom. The van der Waals surface area contributed by atoms with Crippen LogP contribution in [-0.2, 0) is 6.42 Å². The fourth-order valence-corrected chi connectivity index (χ4v) is 3.15. The van der Waals surface area contributed by atoms with Crippen molar-refractivity contribution in [3.63, 3.8) is 0 Å². The van der Waals surface area contributed by atoms with Crippen molar-refractivity contribution in [2.75, 3.05) is 6.54 Å². The van der Waals surface area contributed by atoms with Gasteiger partial charge >= 0.3 is 0 Å². The number of thiophene rings is 1. The number of benzene rings is 1. The zero-order valence-electron chi connectivity index (χ0n) is 10.5. The summed E-state index contributed by atoms with van der Waals surface area (Å²) in [5.74, 6) is 0. The molecule has 2 rings (SSSR count). The normalized spacial score (nSPS) is 12.6. The van der Waals surface area contributed by atoms with Crippen LogP contribution in [0.15, 0.2) is 41.8 Å². The summed E-state index contributed by atoms with van der Waals surface area (Å²) < 4.78 is 1.30. The van der Waals surface area contributed by atoms with E-state index in [1.807, 2.05) is 11.3 Å². The van der Waals surface area contributed by atoms with Crippen molar-refractivity contribution < 1.29 is 0 Å². The van der Waals surface area contributed by atoms with Crippen LogP contribution in [0, 0.1) is 3.57 Å². The van der Waals surface area contributed by atoms with Gasteiger partial charge in [-0.05, 0) is 71.1 Å². The molecule has 1 aromatic heterocycles. The van der Waals surface area contributed by atoms with E-state index < -0.39 is 0 Å². The molecule has 0 saturated heterocycles. The minimum Gasteiger partial charge on any atom is -0.310 e. The fraction of sp³-hybridized carbons (Fsp3) is 0.333. The monoisotopic (exact) mass is 371 g/mol. The summed E-state index contributed by atoms with van der Waals surface area (Å²) in [7, 11) is 0. The predicted octanol–water partition coefficient (Wildman–Crippen LogP) is 4.64. The molecule has 1 N–H and O–H groups in total. The maximum atomic E-state index is 3.58. The Kier molecular flexibility index (Phi) is 5.66. The molecule has 0 aliphatic carbocycles. The van der Waals surface area contributed by atoms with Crippen LogP contribution in [0.2, 0.25) is 0 Å². The number of hydrogen-bond acceptors (Lipinski definition) is 2. The summed E-state index contributed by atoms with van der Waals surface area (Å²) in [4.78, 5) is 1.48. The van der Waals surface area contributed by atoms with E-state index >= 15 is 0 Å². The molecule has 3 heteroatoms. The van der Waals surface area contributed by atoms with Crippen molar-refractivity contribution in [1.29, 1.82) is 0 Å². The molecule has 2 aromatic rings. The first kappa shape index (κ1) is 14.0. The molecule has 96 valence electrons. The number of aryl methyl sites for hydroxylation is 1. The average molecular weight is 371 g/mol. The minimum atomic E-state index is 0.467. The quantitative estimate of drug-likeness (QED) is 0.730. The van der Waals surface area contributed by atoms with Gasteiger partial charge in [0.05, 0.1) is 0 Å². The number of rotatable bonds is 6. The highest BCUT2D eigenvalue weighted by atomic mass is 127. The van der Waals surface area contributed by atoms with Crippen LogP contribution in [-0.4, -0.2) is 6.54 Å². The SMILES string of the molecule is CCNC(CCc1cccs1)c1ccc(I)cc1. The lowest BCUT2D eigenvalue weighted by Crippen LogP contribution is -2.21. The molecule has 0 fully saturated rings. The number of hydrogen-bond donors (Lipinski definition) is 1. The molecule has 0 radical (unpaired) electrons. The van der Waals surface area contributed by atoms with E-state index in [0.29, 0.717) is 6.04 Å². The van der Waals surface area contributed by atoms with Crippen LogP contribution >= 0.6 is 33.9 Å². The minimum absolute atomic E-state index is 0.467. The highest BCUT2D eigenvalue weighted by Crippen LogP contribution is 2.22. The Balaban J connectivity index is 2.01. The Morgan fingerprint density at radius 2 is 2.00 bits per heavy atom. The second-order valence-corrected chi connectivity index (χ2v) is 6.56. The van der Waals surface area contributed by atoms with Crippen LogP contribution in [0.4, 0.5) is 0 Å². The van der Waals surface area contributed by atoms with Crippen LogP contribution in [0.5, 0.6) is 0 Å². The fourth-order valence-electron chi connectivity index (χ4n) is 2.07. The van der Waals surface area contributed by atoms with Crippen molar-refractivity contribution in [2.45, 2.75) is 25.8 Å². The van der Waals surface area contributed by atoms with Crippen molar-refractivity contribution in [2.24, 2.45) is 0 Å². The molecule has 1 nitrogen and oxygen atoms in total. The van der Waals surface area contributed by atoms with Crippen molar-refractivity contribution in [3.8, 4) is 0 Å². The van der Waals surface area contributed by atoms with Crippen LogP contribution in [0.1, 0.15) is 29.8 Å². The standard InChI is InChI=1S/C15H18INS/c1-2-17-15(10-9-14-4-3-11-18-14)12-5-7-13(16)8-6-12/h3-8,11,15,17H,2,9-10H2,1H3. The summed E-state index contributed by atoms with van der Waals surface area (Å²) in [5, 5.41) is 5.74. The molecular weight excluding hydrogens is 353 g/mol. The van der Waals surface area contributed by atoms with Crippen molar-refractivity contribution >= 4 is 33.9 Å². The van der Waals surface area contributed by atoms with Gasteiger partial charge < -0.3 is 5.32 Å². The van der Waals surface area contributed by atoms with E-state index in [1.54, 1.807) is 0 Å². The lowest BCUT2D eigenvalue weighted by molar-refractivity contribution is 0.517. The second-order valence-electron chi connectivity index (χ2n) is 4.28. The summed E-state index contributed by atoms with van der Waals surface area (Å²) in [6.45, 7) is 3.19. The summed E-state index contributed by atoms with van der Waals surface area (Å²) >= 11 is 4.20. The maximum absolute atomic E-state index is 3.58.